The van der Waals surface area contributed by atoms with Crippen molar-refractivity contribution in [1.82, 2.24) is 9.99 Å². The van der Waals surface area contributed by atoms with Crippen LogP contribution in [0.1, 0.15) is 27.0 Å². The summed E-state index contributed by atoms with van der Waals surface area (Å²) in [5.41, 5.74) is 4.17. The third-order valence-electron chi connectivity index (χ3n) is 4.99. The Morgan fingerprint density at radius 1 is 1.12 bits per heavy atom. The van der Waals surface area contributed by atoms with Crippen LogP contribution in [0.2, 0.25) is 0 Å². The highest BCUT2D eigenvalue weighted by Gasteiger charge is 2.12. The fraction of sp³-hybridized carbons (Fsp3) is 0.0417. The zero-order valence-corrected chi connectivity index (χ0v) is 16.9. The lowest BCUT2D eigenvalue weighted by atomic mass is 10.1. The maximum absolute atomic E-state index is 13.5. The zero-order valence-electron chi connectivity index (χ0n) is 16.9. The van der Waals surface area contributed by atoms with Crippen LogP contribution < -0.4 is 5.43 Å². The number of nitrogens with one attached hydrogen (secondary N) is 1. The van der Waals surface area contributed by atoms with Gasteiger partial charge in [0.2, 0.25) is 0 Å². The predicted octanol–water partition coefficient (Wildman–Crippen LogP) is 4.45. The number of hydrogen-bond acceptors (Lipinski definition) is 4. The van der Waals surface area contributed by atoms with Gasteiger partial charge in [0.15, 0.2) is 17.5 Å². The maximum atomic E-state index is 13.5. The normalized spacial score (nSPS) is 11.1. The Morgan fingerprint density at radius 3 is 2.61 bits per heavy atom. The van der Waals surface area contributed by atoms with Crippen LogP contribution in [0.5, 0.6) is 5.75 Å². The molecule has 0 saturated heterocycles. The van der Waals surface area contributed by atoms with Crippen LogP contribution in [0.25, 0.3) is 10.9 Å². The van der Waals surface area contributed by atoms with Crippen LogP contribution in [-0.2, 0) is 6.54 Å². The molecule has 0 radical (unpaired) electrons. The third kappa shape index (κ3) is 4.41. The first kappa shape index (κ1) is 21.6. The SMILES string of the molecule is N#Cc1cc(C(=O)N/N=C/c2cccc3c2ccn3Cc2cc(F)c(F)c(F)c2)ccc1O. The van der Waals surface area contributed by atoms with E-state index in [1.807, 2.05) is 0 Å². The summed E-state index contributed by atoms with van der Waals surface area (Å²) in [5.74, 6) is -4.79. The van der Waals surface area contributed by atoms with Crippen molar-refractivity contribution in [3.63, 3.8) is 0 Å². The number of benzene rings is 3. The maximum Gasteiger partial charge on any atom is 0.271 e. The van der Waals surface area contributed by atoms with E-state index in [9.17, 15) is 23.1 Å². The lowest BCUT2D eigenvalue weighted by Crippen LogP contribution is -2.17. The number of carbonyl (C=O) groups excluding carboxylic acids is 1. The number of carbonyl (C=O) groups is 1. The number of halogens is 3. The molecule has 1 aromatic heterocycles. The molecule has 0 bridgehead atoms. The molecule has 33 heavy (non-hydrogen) atoms. The zero-order chi connectivity index (χ0) is 23.5. The molecule has 6 nitrogen and oxygen atoms in total. The number of aromatic nitrogens is 1. The number of aromatic hydroxyl groups is 1. The number of nitrogens with zero attached hydrogens (tertiary/aromatic N) is 3. The first-order chi connectivity index (χ1) is 15.9. The molecule has 0 saturated carbocycles. The molecule has 9 heteroatoms. The summed E-state index contributed by atoms with van der Waals surface area (Å²) in [6.07, 6.45) is 3.16. The van der Waals surface area contributed by atoms with Gasteiger partial charge in [0, 0.05) is 34.8 Å². The van der Waals surface area contributed by atoms with Gasteiger partial charge in [0.1, 0.15) is 11.8 Å². The lowest BCUT2D eigenvalue weighted by molar-refractivity contribution is 0.0955. The Balaban J connectivity index is 1.54. The fourth-order valence-corrected chi connectivity index (χ4v) is 3.39. The van der Waals surface area contributed by atoms with Crippen molar-refractivity contribution in [2.75, 3.05) is 0 Å². The number of amides is 1. The number of hydrogen-bond donors (Lipinski definition) is 2. The lowest BCUT2D eigenvalue weighted by Gasteiger charge is -2.07. The van der Waals surface area contributed by atoms with E-state index in [0.717, 1.165) is 23.0 Å². The summed E-state index contributed by atoms with van der Waals surface area (Å²) in [6, 6.07) is 14.7. The van der Waals surface area contributed by atoms with Crippen molar-refractivity contribution < 1.29 is 23.1 Å². The van der Waals surface area contributed by atoms with Crippen molar-refractivity contribution in [3.8, 4) is 11.8 Å². The second-order valence-electron chi connectivity index (χ2n) is 7.14. The molecular weight excluding hydrogens is 433 g/mol. The molecule has 4 aromatic rings. The van der Waals surface area contributed by atoms with E-state index in [1.54, 1.807) is 41.1 Å². The van der Waals surface area contributed by atoms with Gasteiger partial charge in [0.25, 0.3) is 5.91 Å². The number of phenols is 1. The summed E-state index contributed by atoms with van der Waals surface area (Å²) >= 11 is 0. The Morgan fingerprint density at radius 2 is 1.88 bits per heavy atom. The number of rotatable bonds is 5. The Labute approximate surface area is 185 Å². The number of hydrazone groups is 1. The molecule has 1 heterocycles. The first-order valence-corrected chi connectivity index (χ1v) is 9.65. The Hall–Kier alpha value is -4.58. The second-order valence-corrected chi connectivity index (χ2v) is 7.14. The van der Waals surface area contributed by atoms with E-state index in [4.69, 9.17) is 5.26 Å². The molecule has 0 aliphatic carbocycles. The third-order valence-corrected chi connectivity index (χ3v) is 4.99. The van der Waals surface area contributed by atoms with Gasteiger partial charge >= 0.3 is 0 Å². The van der Waals surface area contributed by atoms with E-state index >= 15 is 0 Å². The highest BCUT2D eigenvalue weighted by molar-refractivity contribution is 6.00. The Kier molecular flexibility index (Phi) is 5.83. The first-order valence-electron chi connectivity index (χ1n) is 9.65. The standard InChI is InChI=1S/C24H15F3N4O2/c25-19-8-14(9-20(26)23(19)27)13-31-7-6-18-16(2-1-3-21(18)31)12-29-30-24(33)15-4-5-22(32)17(10-15)11-28/h1-10,12,32H,13H2,(H,30,33)/b29-12+. The van der Waals surface area contributed by atoms with Gasteiger partial charge in [-0.15, -0.1) is 0 Å². The average molecular weight is 448 g/mol. The van der Waals surface area contributed by atoms with Crippen molar-refractivity contribution in [1.29, 1.82) is 5.26 Å². The van der Waals surface area contributed by atoms with Gasteiger partial charge in [-0.25, -0.2) is 18.6 Å². The molecule has 0 spiro atoms. The second kappa shape index (κ2) is 8.88. The van der Waals surface area contributed by atoms with E-state index < -0.39 is 23.4 Å². The number of nitriles is 1. The molecule has 3 aromatic carbocycles. The summed E-state index contributed by atoms with van der Waals surface area (Å²) in [4.78, 5) is 12.3. The van der Waals surface area contributed by atoms with Crippen LogP contribution in [0, 0.1) is 28.8 Å². The Bertz CT molecular complexity index is 1430. The van der Waals surface area contributed by atoms with Crippen LogP contribution in [0.3, 0.4) is 0 Å². The molecule has 4 rings (SSSR count). The minimum Gasteiger partial charge on any atom is -0.507 e. The molecule has 1 amide bonds. The quantitative estimate of drug-likeness (QED) is 0.269. The van der Waals surface area contributed by atoms with Crippen molar-refractivity contribution in [2.24, 2.45) is 5.10 Å². The highest BCUT2D eigenvalue weighted by atomic mass is 19.2. The van der Waals surface area contributed by atoms with Gasteiger partial charge in [-0.1, -0.05) is 12.1 Å². The van der Waals surface area contributed by atoms with Gasteiger partial charge in [-0.3, -0.25) is 4.79 Å². The molecule has 0 aliphatic heterocycles. The van der Waals surface area contributed by atoms with E-state index in [-0.39, 0.29) is 29.0 Å². The van der Waals surface area contributed by atoms with E-state index in [1.165, 1.54) is 24.4 Å². The van der Waals surface area contributed by atoms with Crippen molar-refractivity contribution in [2.45, 2.75) is 6.54 Å². The van der Waals surface area contributed by atoms with Gasteiger partial charge in [-0.2, -0.15) is 10.4 Å². The number of phenolic OH excluding ortho intramolecular Hbond substituents is 1. The largest absolute Gasteiger partial charge is 0.507 e. The summed E-state index contributed by atoms with van der Waals surface area (Å²) < 4.78 is 42.0. The molecule has 0 unspecified atom stereocenters. The van der Waals surface area contributed by atoms with Crippen LogP contribution >= 0.6 is 0 Å². The summed E-state index contributed by atoms with van der Waals surface area (Å²) in [6.45, 7) is 0.122. The van der Waals surface area contributed by atoms with Crippen LogP contribution in [-0.4, -0.2) is 21.8 Å². The molecule has 0 aliphatic rings. The minimum atomic E-state index is -1.51. The molecule has 0 fully saturated rings. The molecule has 2 N–H and O–H groups in total. The predicted molar refractivity (Wildman–Crippen MR) is 115 cm³/mol. The van der Waals surface area contributed by atoms with Crippen molar-refractivity contribution in [3.05, 3.63) is 100 Å². The molecular formula is C24H15F3N4O2. The van der Waals surface area contributed by atoms with Gasteiger partial charge < -0.3 is 9.67 Å². The molecule has 164 valence electrons. The molecule has 0 atom stereocenters. The topological polar surface area (TPSA) is 90.4 Å². The minimum absolute atomic E-state index is 0.0290. The number of fused-ring (bicyclic) bond motifs is 1. The van der Waals surface area contributed by atoms with Crippen LogP contribution in [0.4, 0.5) is 13.2 Å². The van der Waals surface area contributed by atoms with Crippen LogP contribution in [0.15, 0.2) is 65.9 Å². The summed E-state index contributed by atoms with van der Waals surface area (Å²) in [5, 5.41) is 23.2. The highest BCUT2D eigenvalue weighted by Crippen LogP contribution is 2.22. The van der Waals surface area contributed by atoms with E-state index in [2.05, 4.69) is 10.5 Å². The smallest absolute Gasteiger partial charge is 0.271 e. The fourth-order valence-electron chi connectivity index (χ4n) is 3.39. The van der Waals surface area contributed by atoms with Crippen molar-refractivity contribution >= 4 is 23.0 Å². The summed E-state index contributed by atoms with van der Waals surface area (Å²) in [7, 11) is 0. The van der Waals surface area contributed by atoms with E-state index in [0.29, 0.717) is 5.56 Å². The average Bonchev–Trinajstić information content (AvgIpc) is 3.21. The van der Waals surface area contributed by atoms with Gasteiger partial charge in [-0.05, 0) is 48.0 Å². The monoisotopic (exact) mass is 448 g/mol. The van der Waals surface area contributed by atoms with Gasteiger partial charge in [0.05, 0.1) is 11.8 Å².